The number of sulfonamides is 1. The Kier molecular flexibility index (Phi) is 3.59. The highest BCUT2D eigenvalue weighted by atomic mass is 32.2. The zero-order chi connectivity index (χ0) is 14.0. The van der Waals surface area contributed by atoms with Crippen molar-refractivity contribution in [2.45, 2.75) is 11.8 Å². The second-order valence-corrected chi connectivity index (χ2v) is 6.58. The van der Waals surface area contributed by atoms with Crippen LogP contribution >= 0.6 is 11.3 Å². The Labute approximate surface area is 115 Å². The molecule has 1 aromatic carbocycles. The molecular formula is C12H12N2O3S2. The molecule has 0 aliphatic heterocycles. The lowest BCUT2D eigenvalue weighted by Gasteiger charge is -2.06. The first-order chi connectivity index (χ1) is 8.88. The molecule has 0 bridgehead atoms. The molecule has 0 aliphatic rings. The van der Waals surface area contributed by atoms with Crippen molar-refractivity contribution in [1.29, 1.82) is 0 Å². The smallest absolute Gasteiger partial charge is 0.262 e. The summed E-state index contributed by atoms with van der Waals surface area (Å²) in [6, 6.07) is 8.23. The van der Waals surface area contributed by atoms with Crippen molar-refractivity contribution in [3.63, 3.8) is 0 Å². The fourth-order valence-electron chi connectivity index (χ4n) is 1.42. The number of primary amides is 1. The zero-order valence-corrected chi connectivity index (χ0v) is 11.7. The number of aryl methyl sites for hydroxylation is 1. The summed E-state index contributed by atoms with van der Waals surface area (Å²) in [6.45, 7) is 1.91. The van der Waals surface area contributed by atoms with Gasteiger partial charge in [0.2, 0.25) is 0 Å². The van der Waals surface area contributed by atoms with Crippen LogP contribution in [0.5, 0.6) is 0 Å². The third-order valence-electron chi connectivity index (χ3n) is 2.43. The average Bonchev–Trinajstić information content (AvgIpc) is 2.82. The number of carbonyl (C=O) groups is 1. The topological polar surface area (TPSA) is 89.3 Å². The second-order valence-electron chi connectivity index (χ2n) is 3.98. The van der Waals surface area contributed by atoms with Gasteiger partial charge in [0.1, 0.15) is 0 Å². The molecule has 0 fully saturated rings. The van der Waals surface area contributed by atoms with E-state index in [1.54, 1.807) is 24.3 Å². The van der Waals surface area contributed by atoms with E-state index in [1.807, 2.05) is 6.92 Å². The van der Waals surface area contributed by atoms with Gasteiger partial charge in [0.15, 0.2) is 0 Å². The van der Waals surface area contributed by atoms with Gasteiger partial charge < -0.3 is 5.73 Å². The molecule has 0 saturated carbocycles. The van der Waals surface area contributed by atoms with Crippen molar-refractivity contribution in [2.24, 2.45) is 5.73 Å². The number of carbonyl (C=O) groups excluding carboxylic acids is 1. The van der Waals surface area contributed by atoms with Crippen LogP contribution in [0.4, 0.5) is 5.69 Å². The van der Waals surface area contributed by atoms with E-state index in [0.29, 0.717) is 5.69 Å². The van der Waals surface area contributed by atoms with E-state index in [-0.39, 0.29) is 9.77 Å². The number of hydrogen-bond acceptors (Lipinski definition) is 4. The molecule has 0 saturated heterocycles. The molecule has 1 amide bonds. The molecule has 0 radical (unpaired) electrons. The van der Waals surface area contributed by atoms with Crippen LogP contribution in [-0.2, 0) is 10.0 Å². The number of amides is 1. The van der Waals surface area contributed by atoms with E-state index < -0.39 is 15.9 Å². The Bertz CT molecular complexity index is 703. The first-order valence-electron chi connectivity index (χ1n) is 5.36. The third-order valence-corrected chi connectivity index (χ3v) is 4.89. The van der Waals surface area contributed by atoms with Gasteiger partial charge in [-0.25, -0.2) is 8.42 Å². The number of benzene rings is 1. The molecule has 1 aromatic heterocycles. The van der Waals surface area contributed by atoms with Crippen molar-refractivity contribution in [1.82, 2.24) is 0 Å². The largest absolute Gasteiger partial charge is 0.365 e. The maximum atomic E-state index is 12.1. The summed E-state index contributed by atoms with van der Waals surface area (Å²) >= 11 is 1.00. The minimum atomic E-state index is -3.69. The summed E-state index contributed by atoms with van der Waals surface area (Å²) in [7, 11) is -3.69. The highest BCUT2D eigenvalue weighted by Crippen LogP contribution is 2.21. The lowest BCUT2D eigenvalue weighted by atomic mass is 10.2. The van der Waals surface area contributed by atoms with Crippen molar-refractivity contribution in [3.8, 4) is 0 Å². The van der Waals surface area contributed by atoms with Gasteiger partial charge in [-0.15, -0.1) is 11.3 Å². The summed E-state index contributed by atoms with van der Waals surface area (Å²) in [5.74, 6) is -0.637. The maximum Gasteiger partial charge on any atom is 0.262 e. The van der Waals surface area contributed by atoms with E-state index in [4.69, 9.17) is 5.73 Å². The van der Waals surface area contributed by atoms with E-state index >= 15 is 0 Å². The minimum Gasteiger partial charge on any atom is -0.365 e. The van der Waals surface area contributed by atoms with Gasteiger partial charge in [-0.2, -0.15) is 0 Å². The molecule has 2 aromatic rings. The Morgan fingerprint density at radius 1 is 1.26 bits per heavy atom. The quantitative estimate of drug-likeness (QED) is 0.903. The minimum absolute atomic E-state index is 0.0341. The van der Waals surface area contributed by atoms with Gasteiger partial charge in [0.25, 0.3) is 15.9 Å². The summed E-state index contributed by atoms with van der Waals surface area (Å²) in [5.41, 5.74) is 6.60. The van der Waals surface area contributed by atoms with Crippen LogP contribution in [0.2, 0.25) is 0 Å². The van der Waals surface area contributed by atoms with Crippen LogP contribution in [0, 0.1) is 6.92 Å². The molecule has 19 heavy (non-hydrogen) atoms. The fraction of sp³-hybridized carbons (Fsp3) is 0.0833. The van der Waals surface area contributed by atoms with Gasteiger partial charge >= 0.3 is 0 Å². The summed E-state index contributed by atoms with van der Waals surface area (Å²) in [5, 5.41) is 1.39. The van der Waals surface area contributed by atoms with Crippen molar-refractivity contribution >= 4 is 33.0 Å². The van der Waals surface area contributed by atoms with E-state index in [9.17, 15) is 13.2 Å². The molecule has 100 valence electrons. The van der Waals surface area contributed by atoms with Crippen molar-refractivity contribution in [2.75, 3.05) is 4.72 Å². The number of thiophene rings is 1. The molecule has 0 spiro atoms. The Hall–Kier alpha value is -1.86. The van der Waals surface area contributed by atoms with Gasteiger partial charge in [-0.1, -0.05) is 17.7 Å². The molecule has 0 atom stereocenters. The number of hydrogen-bond donors (Lipinski definition) is 2. The highest BCUT2D eigenvalue weighted by molar-refractivity contribution is 7.92. The van der Waals surface area contributed by atoms with Gasteiger partial charge in [-0.3, -0.25) is 9.52 Å². The zero-order valence-electron chi connectivity index (χ0n) is 10.1. The average molecular weight is 296 g/mol. The molecule has 7 heteroatoms. The van der Waals surface area contributed by atoms with Gasteiger partial charge in [0.05, 0.1) is 9.77 Å². The third kappa shape index (κ3) is 3.12. The number of anilines is 1. The maximum absolute atomic E-state index is 12.1. The standard InChI is InChI=1S/C12H12N2O3S2/c1-8-2-4-9(5-3-8)14-19(16,17)10-6-11(12(13)15)18-7-10/h2-7,14H,1H3,(H2,13,15). The first-order valence-corrected chi connectivity index (χ1v) is 7.72. The van der Waals surface area contributed by atoms with E-state index in [2.05, 4.69) is 4.72 Å². The van der Waals surface area contributed by atoms with Crippen LogP contribution in [0.1, 0.15) is 15.2 Å². The first kappa shape index (κ1) is 13.6. The second kappa shape index (κ2) is 5.02. The predicted octanol–water partition coefficient (Wildman–Crippen LogP) is 1.96. The highest BCUT2D eigenvalue weighted by Gasteiger charge is 2.17. The summed E-state index contributed by atoms with van der Waals surface area (Å²) in [6.07, 6.45) is 0. The predicted molar refractivity (Wildman–Crippen MR) is 74.8 cm³/mol. The van der Waals surface area contributed by atoms with E-state index in [0.717, 1.165) is 16.9 Å². The van der Waals surface area contributed by atoms with Crippen LogP contribution in [0.15, 0.2) is 40.6 Å². The van der Waals surface area contributed by atoms with Crippen LogP contribution in [-0.4, -0.2) is 14.3 Å². The summed E-state index contributed by atoms with van der Waals surface area (Å²) in [4.78, 5) is 11.2. The van der Waals surface area contributed by atoms with Crippen molar-refractivity contribution < 1.29 is 13.2 Å². The fourth-order valence-corrected chi connectivity index (χ4v) is 3.61. The Morgan fingerprint density at radius 2 is 1.89 bits per heavy atom. The lowest BCUT2D eigenvalue weighted by Crippen LogP contribution is -2.13. The monoisotopic (exact) mass is 296 g/mol. The molecular weight excluding hydrogens is 284 g/mol. The number of rotatable bonds is 4. The molecule has 0 aliphatic carbocycles. The SMILES string of the molecule is Cc1ccc(NS(=O)(=O)c2csc(C(N)=O)c2)cc1. The van der Waals surface area contributed by atoms with Crippen LogP contribution in [0.3, 0.4) is 0 Å². The lowest BCUT2D eigenvalue weighted by molar-refractivity contribution is 0.100. The van der Waals surface area contributed by atoms with Gasteiger partial charge in [0, 0.05) is 11.1 Å². The van der Waals surface area contributed by atoms with Crippen molar-refractivity contribution in [3.05, 3.63) is 46.2 Å². The number of nitrogens with one attached hydrogen (secondary N) is 1. The molecule has 5 nitrogen and oxygen atoms in total. The summed E-state index contributed by atoms with van der Waals surface area (Å²) < 4.78 is 26.6. The molecule has 0 unspecified atom stereocenters. The van der Waals surface area contributed by atoms with Gasteiger partial charge in [-0.05, 0) is 25.1 Å². The molecule has 1 heterocycles. The Morgan fingerprint density at radius 3 is 2.42 bits per heavy atom. The van der Waals surface area contributed by atoms with Crippen LogP contribution < -0.4 is 10.5 Å². The van der Waals surface area contributed by atoms with E-state index in [1.165, 1.54) is 11.4 Å². The van der Waals surface area contributed by atoms with Crippen LogP contribution in [0.25, 0.3) is 0 Å². The molecule has 2 rings (SSSR count). The Balaban J connectivity index is 2.26. The number of nitrogens with two attached hydrogens (primary N) is 1. The normalized spacial score (nSPS) is 11.2. The molecule has 3 N–H and O–H groups in total.